The molecule has 1 N–H and O–H groups in total. The number of rotatable bonds is 7. The van der Waals surface area contributed by atoms with Crippen LogP contribution in [0.4, 0.5) is 17.1 Å². The number of anilines is 1. The van der Waals surface area contributed by atoms with Crippen LogP contribution in [0, 0.1) is 0 Å². The van der Waals surface area contributed by atoms with Crippen molar-refractivity contribution in [3.63, 3.8) is 0 Å². The van der Waals surface area contributed by atoms with Gasteiger partial charge in [-0.15, -0.1) is 5.11 Å². The minimum Gasteiger partial charge on any atom is -0.366 e. The number of hydrogen-bond acceptors (Lipinski definition) is 5. The van der Waals surface area contributed by atoms with E-state index in [4.69, 9.17) is 0 Å². The molecule has 0 atom stereocenters. The molecule has 0 spiro atoms. The molecule has 0 saturated carbocycles. The zero-order chi connectivity index (χ0) is 22.9. The van der Waals surface area contributed by atoms with Crippen molar-refractivity contribution in [1.82, 2.24) is 5.32 Å². The third-order valence-corrected chi connectivity index (χ3v) is 5.64. The first-order chi connectivity index (χ1) is 15.3. The first kappa shape index (κ1) is 21.6. The van der Waals surface area contributed by atoms with Crippen molar-refractivity contribution in [3.8, 4) is 0 Å². The Bertz CT molecular complexity index is 1190. The maximum Gasteiger partial charge on any atom is 0.258 e. The number of carbonyl (C=O) groups excluding carboxylic acids is 2. The summed E-state index contributed by atoms with van der Waals surface area (Å²) in [6.45, 7) is 5.13. The number of quaternary nitrogens is 1. The third-order valence-electron chi connectivity index (χ3n) is 5.64. The van der Waals surface area contributed by atoms with Crippen LogP contribution in [-0.2, 0) is 0 Å². The van der Waals surface area contributed by atoms with E-state index < -0.39 is 0 Å². The maximum atomic E-state index is 12.2. The van der Waals surface area contributed by atoms with Crippen LogP contribution in [0.1, 0.15) is 27.6 Å². The summed E-state index contributed by atoms with van der Waals surface area (Å²) in [4.78, 5) is 26.7. The van der Waals surface area contributed by atoms with E-state index in [1.165, 1.54) is 0 Å². The number of hydrogen-bond donors (Lipinski definition) is 1. The molecule has 0 bridgehead atoms. The Hall–Kier alpha value is -3.58. The Morgan fingerprint density at radius 2 is 1.56 bits per heavy atom. The van der Waals surface area contributed by atoms with E-state index in [9.17, 15) is 9.59 Å². The highest BCUT2D eigenvalue weighted by Gasteiger charge is 2.25. The number of imide groups is 1. The Morgan fingerprint density at radius 1 is 0.875 bits per heavy atom. The highest BCUT2D eigenvalue weighted by Crippen LogP contribution is 2.34. The number of likely N-dealkylation sites (N-methyl/N-ethyl adjacent to an activating group) is 2. The molecule has 1 aliphatic heterocycles. The molecule has 1 heterocycles. The van der Waals surface area contributed by atoms with Crippen LogP contribution in [0.25, 0.3) is 10.8 Å². The molecule has 4 rings (SSSR count). The van der Waals surface area contributed by atoms with E-state index in [1.54, 1.807) is 24.3 Å². The van der Waals surface area contributed by atoms with E-state index in [2.05, 4.69) is 60.6 Å². The Labute approximate surface area is 187 Å². The first-order valence-corrected chi connectivity index (χ1v) is 10.8. The Balaban J connectivity index is 1.59. The second-order valence-corrected chi connectivity index (χ2v) is 8.95. The summed E-state index contributed by atoms with van der Waals surface area (Å²) in [5.41, 5.74) is 3.48. The standard InChI is InChI=1S/C25H27N5O2/c1-5-29(15-16-30(2,3)4)18-11-9-17(10-12-18)27-28-22-14-13-21-23-19(22)7-6-8-20(23)24(31)26-25(21)32/h6-14H,5,15-16H2,1-4H3/p+1/b28-27+. The van der Waals surface area contributed by atoms with Crippen LogP contribution in [-0.4, -0.2) is 57.1 Å². The highest BCUT2D eigenvalue weighted by molar-refractivity contribution is 6.26. The van der Waals surface area contributed by atoms with Crippen molar-refractivity contribution >= 4 is 39.6 Å². The molecule has 0 aromatic heterocycles. The van der Waals surface area contributed by atoms with E-state index in [0.717, 1.165) is 40.9 Å². The van der Waals surface area contributed by atoms with Crippen molar-refractivity contribution in [2.45, 2.75) is 6.92 Å². The van der Waals surface area contributed by atoms with Gasteiger partial charge < -0.3 is 9.38 Å². The summed E-state index contributed by atoms with van der Waals surface area (Å²) >= 11 is 0. The second-order valence-electron chi connectivity index (χ2n) is 8.95. The van der Waals surface area contributed by atoms with Crippen LogP contribution in [0.15, 0.2) is 64.8 Å². The molecule has 1 aliphatic rings. The fourth-order valence-electron chi connectivity index (χ4n) is 3.83. The van der Waals surface area contributed by atoms with Gasteiger partial charge in [-0.05, 0) is 49.4 Å². The fraction of sp³-hybridized carbons (Fsp3) is 0.280. The summed E-state index contributed by atoms with van der Waals surface area (Å²) in [7, 11) is 6.59. The predicted molar refractivity (Wildman–Crippen MR) is 127 cm³/mol. The molecule has 0 fully saturated rings. The lowest BCUT2D eigenvalue weighted by Crippen LogP contribution is -2.42. The number of benzene rings is 3. The minimum absolute atomic E-state index is 0.386. The Kier molecular flexibility index (Phi) is 5.76. The average molecular weight is 431 g/mol. The Morgan fingerprint density at radius 3 is 2.22 bits per heavy atom. The van der Waals surface area contributed by atoms with Gasteiger partial charge in [0.1, 0.15) is 0 Å². The topological polar surface area (TPSA) is 74.1 Å². The van der Waals surface area contributed by atoms with Gasteiger partial charge in [0.2, 0.25) is 0 Å². The minimum atomic E-state index is -0.386. The fourth-order valence-corrected chi connectivity index (χ4v) is 3.83. The van der Waals surface area contributed by atoms with Crippen LogP contribution < -0.4 is 10.2 Å². The molecule has 0 unspecified atom stereocenters. The molecule has 0 radical (unpaired) electrons. The number of nitrogens with zero attached hydrogens (tertiary/aromatic N) is 4. The predicted octanol–water partition coefficient (Wildman–Crippen LogP) is 4.67. The normalized spacial score (nSPS) is 13.6. The molecule has 0 saturated heterocycles. The maximum absolute atomic E-state index is 12.2. The van der Waals surface area contributed by atoms with Crippen molar-refractivity contribution in [2.75, 3.05) is 45.7 Å². The van der Waals surface area contributed by atoms with Crippen molar-refractivity contribution in [3.05, 3.63) is 65.7 Å². The van der Waals surface area contributed by atoms with E-state index in [0.29, 0.717) is 22.2 Å². The van der Waals surface area contributed by atoms with Crippen LogP contribution in [0.3, 0.4) is 0 Å². The molecular weight excluding hydrogens is 402 g/mol. The van der Waals surface area contributed by atoms with Gasteiger partial charge in [-0.3, -0.25) is 14.9 Å². The van der Waals surface area contributed by atoms with Gasteiger partial charge >= 0.3 is 0 Å². The summed E-state index contributed by atoms with van der Waals surface area (Å²) in [5.74, 6) is -0.771. The highest BCUT2D eigenvalue weighted by atomic mass is 16.2. The summed E-state index contributed by atoms with van der Waals surface area (Å²) < 4.78 is 0.921. The van der Waals surface area contributed by atoms with Crippen molar-refractivity contribution in [1.29, 1.82) is 0 Å². The zero-order valence-corrected chi connectivity index (χ0v) is 18.9. The lowest BCUT2D eigenvalue weighted by atomic mass is 9.94. The van der Waals surface area contributed by atoms with Crippen molar-refractivity contribution < 1.29 is 14.1 Å². The summed E-state index contributed by atoms with van der Waals surface area (Å²) in [6, 6.07) is 16.9. The summed E-state index contributed by atoms with van der Waals surface area (Å²) in [6.07, 6.45) is 0. The number of nitrogens with one attached hydrogen (secondary N) is 1. The molecule has 7 nitrogen and oxygen atoms in total. The lowest BCUT2D eigenvalue weighted by Gasteiger charge is -2.29. The number of azo groups is 1. The van der Waals surface area contributed by atoms with Gasteiger partial charge in [0.15, 0.2) is 0 Å². The lowest BCUT2D eigenvalue weighted by molar-refractivity contribution is -0.868. The molecule has 2 amide bonds. The van der Waals surface area contributed by atoms with Gasteiger partial charge in [0.05, 0.1) is 45.6 Å². The zero-order valence-electron chi connectivity index (χ0n) is 18.9. The molecule has 7 heteroatoms. The molecule has 164 valence electrons. The van der Waals surface area contributed by atoms with E-state index >= 15 is 0 Å². The second kappa shape index (κ2) is 8.51. The van der Waals surface area contributed by atoms with Crippen LogP contribution >= 0.6 is 0 Å². The van der Waals surface area contributed by atoms with E-state index in [1.807, 2.05) is 18.2 Å². The monoisotopic (exact) mass is 430 g/mol. The molecule has 0 aliphatic carbocycles. The van der Waals surface area contributed by atoms with Crippen molar-refractivity contribution in [2.24, 2.45) is 10.2 Å². The molecule has 3 aromatic carbocycles. The van der Waals surface area contributed by atoms with Gasteiger partial charge in [0, 0.05) is 34.1 Å². The van der Waals surface area contributed by atoms with Crippen LogP contribution in [0.2, 0.25) is 0 Å². The van der Waals surface area contributed by atoms with Gasteiger partial charge in [-0.1, -0.05) is 12.1 Å². The molecular formula is C25H28N5O2+. The van der Waals surface area contributed by atoms with E-state index in [-0.39, 0.29) is 11.8 Å². The van der Waals surface area contributed by atoms with Gasteiger partial charge in [-0.2, -0.15) is 5.11 Å². The molecule has 3 aromatic rings. The molecule has 32 heavy (non-hydrogen) atoms. The summed E-state index contributed by atoms with van der Waals surface area (Å²) in [5, 5.41) is 12.6. The van der Waals surface area contributed by atoms with Gasteiger partial charge in [0.25, 0.3) is 11.8 Å². The van der Waals surface area contributed by atoms with Crippen LogP contribution in [0.5, 0.6) is 0 Å². The largest absolute Gasteiger partial charge is 0.366 e. The van der Waals surface area contributed by atoms with Gasteiger partial charge in [-0.25, -0.2) is 0 Å². The average Bonchev–Trinajstić information content (AvgIpc) is 2.76. The quantitative estimate of drug-likeness (QED) is 0.336. The smallest absolute Gasteiger partial charge is 0.258 e. The SMILES string of the molecule is CCN(CC[N+](C)(C)C)c1ccc(/N=N/c2ccc3c4c(cccc24)C(=O)NC3=O)cc1. The number of carbonyl (C=O) groups is 2. The first-order valence-electron chi connectivity index (χ1n) is 10.8. The third kappa shape index (κ3) is 4.38. The number of amides is 2.